The van der Waals surface area contributed by atoms with Gasteiger partial charge in [-0.05, 0) is 6.42 Å². The third-order valence-electron chi connectivity index (χ3n) is 3.38. The molecule has 0 aliphatic carbocycles. The van der Waals surface area contributed by atoms with Crippen LogP contribution in [0.2, 0.25) is 0 Å². The fourth-order valence-electron chi connectivity index (χ4n) is 2.28. The smallest absolute Gasteiger partial charge is 0.239 e. The maximum atomic E-state index is 12.1. The molecule has 1 fully saturated rings. The van der Waals surface area contributed by atoms with Gasteiger partial charge in [0.05, 0.1) is 12.2 Å². The van der Waals surface area contributed by atoms with Gasteiger partial charge in [0.1, 0.15) is 5.82 Å². The first-order chi connectivity index (χ1) is 9.22. The molecule has 1 atom stereocenters. The summed E-state index contributed by atoms with van der Waals surface area (Å²) in [5.74, 6) is 0.938. The second-order valence-electron chi connectivity index (χ2n) is 4.77. The number of rotatable bonds is 4. The van der Waals surface area contributed by atoms with Crippen LogP contribution in [-0.2, 0) is 4.79 Å². The lowest BCUT2D eigenvalue weighted by atomic mass is 10.1. The van der Waals surface area contributed by atoms with Gasteiger partial charge in [-0.2, -0.15) is 0 Å². The van der Waals surface area contributed by atoms with Gasteiger partial charge < -0.3 is 15.5 Å². The summed E-state index contributed by atoms with van der Waals surface area (Å²) in [6.07, 6.45) is 6.78. The average molecular weight is 300 g/mol. The van der Waals surface area contributed by atoms with Crippen LogP contribution in [0.5, 0.6) is 0 Å². The summed E-state index contributed by atoms with van der Waals surface area (Å²) < 4.78 is 0. The molecule has 6 nitrogen and oxygen atoms in total. The molecule has 112 valence electrons. The number of amides is 1. The molecule has 1 unspecified atom stereocenters. The summed E-state index contributed by atoms with van der Waals surface area (Å²) in [4.78, 5) is 24.4. The molecule has 0 radical (unpaired) electrons. The number of aromatic nitrogens is 2. The van der Waals surface area contributed by atoms with E-state index in [1.807, 2.05) is 11.8 Å². The van der Waals surface area contributed by atoms with Crippen molar-refractivity contribution in [2.75, 3.05) is 31.1 Å². The predicted octanol–water partition coefficient (Wildman–Crippen LogP) is 0.674. The van der Waals surface area contributed by atoms with E-state index >= 15 is 0 Å². The Morgan fingerprint density at radius 3 is 2.60 bits per heavy atom. The van der Waals surface area contributed by atoms with E-state index in [0.29, 0.717) is 13.1 Å². The van der Waals surface area contributed by atoms with E-state index in [4.69, 9.17) is 5.73 Å². The molecule has 20 heavy (non-hydrogen) atoms. The maximum Gasteiger partial charge on any atom is 0.239 e. The number of nitrogens with two attached hydrogens (primary N) is 1. The maximum absolute atomic E-state index is 12.1. The lowest BCUT2D eigenvalue weighted by Crippen LogP contribution is -2.53. The second-order valence-corrected chi connectivity index (χ2v) is 4.77. The van der Waals surface area contributed by atoms with Crippen LogP contribution in [0.25, 0.3) is 0 Å². The van der Waals surface area contributed by atoms with Crippen LogP contribution >= 0.6 is 12.4 Å². The molecule has 0 saturated carbocycles. The summed E-state index contributed by atoms with van der Waals surface area (Å²) in [5.41, 5.74) is 5.88. The molecule has 2 heterocycles. The molecule has 1 amide bonds. The quantitative estimate of drug-likeness (QED) is 0.884. The van der Waals surface area contributed by atoms with Gasteiger partial charge in [0.25, 0.3) is 0 Å². The summed E-state index contributed by atoms with van der Waals surface area (Å²) >= 11 is 0. The molecule has 1 aliphatic heterocycles. The second kappa shape index (κ2) is 8.01. The summed E-state index contributed by atoms with van der Waals surface area (Å²) in [7, 11) is 0. The monoisotopic (exact) mass is 299 g/mol. The van der Waals surface area contributed by atoms with E-state index in [1.165, 1.54) is 0 Å². The Balaban J connectivity index is 0.00000200. The highest BCUT2D eigenvalue weighted by Gasteiger charge is 2.25. The highest BCUT2D eigenvalue weighted by molar-refractivity contribution is 5.85. The third-order valence-corrected chi connectivity index (χ3v) is 3.38. The largest absolute Gasteiger partial charge is 0.352 e. The number of hydrogen-bond donors (Lipinski definition) is 1. The van der Waals surface area contributed by atoms with Crippen LogP contribution in [0.4, 0.5) is 5.82 Å². The van der Waals surface area contributed by atoms with Crippen LogP contribution in [-0.4, -0.2) is 53.0 Å². The first-order valence-corrected chi connectivity index (χ1v) is 6.77. The van der Waals surface area contributed by atoms with E-state index in [1.54, 1.807) is 18.6 Å². The highest BCUT2D eigenvalue weighted by atomic mass is 35.5. The van der Waals surface area contributed by atoms with E-state index in [2.05, 4.69) is 14.9 Å². The standard InChI is InChI=1S/C13H21N5O.ClH/c1-2-3-11(14)13(19)18-8-6-17(7-9-18)12-10-15-4-5-16-12;/h4-5,10-11H,2-3,6-9,14H2,1H3;1H. The molecule has 1 aromatic rings. The minimum atomic E-state index is -0.354. The van der Waals surface area contributed by atoms with Gasteiger partial charge in [-0.1, -0.05) is 13.3 Å². The van der Waals surface area contributed by atoms with Crippen molar-refractivity contribution in [2.24, 2.45) is 5.73 Å². The Morgan fingerprint density at radius 1 is 1.35 bits per heavy atom. The van der Waals surface area contributed by atoms with E-state index in [-0.39, 0.29) is 24.4 Å². The van der Waals surface area contributed by atoms with Crippen LogP contribution in [0.15, 0.2) is 18.6 Å². The van der Waals surface area contributed by atoms with Crippen molar-refractivity contribution in [3.8, 4) is 0 Å². The minimum Gasteiger partial charge on any atom is -0.352 e. The normalized spacial score (nSPS) is 16.5. The summed E-state index contributed by atoms with van der Waals surface area (Å²) in [6, 6.07) is -0.354. The summed E-state index contributed by atoms with van der Waals surface area (Å²) in [5, 5.41) is 0. The van der Waals surface area contributed by atoms with E-state index < -0.39 is 0 Å². The first kappa shape index (κ1) is 16.7. The molecule has 7 heteroatoms. The minimum absolute atomic E-state index is 0. The number of carbonyl (C=O) groups is 1. The van der Waals surface area contributed by atoms with Crippen molar-refractivity contribution < 1.29 is 4.79 Å². The molecular formula is C13H22ClN5O. The topological polar surface area (TPSA) is 75.4 Å². The lowest BCUT2D eigenvalue weighted by Gasteiger charge is -2.36. The van der Waals surface area contributed by atoms with Gasteiger partial charge in [-0.25, -0.2) is 4.98 Å². The Hall–Kier alpha value is -1.40. The number of carbonyl (C=O) groups excluding carboxylic acids is 1. The van der Waals surface area contributed by atoms with Gasteiger partial charge >= 0.3 is 0 Å². The molecular weight excluding hydrogens is 278 g/mol. The molecule has 0 aromatic carbocycles. The zero-order chi connectivity index (χ0) is 13.7. The molecule has 2 rings (SSSR count). The number of hydrogen-bond acceptors (Lipinski definition) is 5. The van der Waals surface area contributed by atoms with Gasteiger partial charge in [-0.15, -0.1) is 12.4 Å². The Bertz CT molecular complexity index is 408. The van der Waals surface area contributed by atoms with E-state index in [0.717, 1.165) is 31.7 Å². The SMILES string of the molecule is CCCC(N)C(=O)N1CCN(c2cnccn2)CC1.Cl. The Labute approximate surface area is 125 Å². The predicted molar refractivity (Wildman–Crippen MR) is 81.0 cm³/mol. The number of nitrogens with zero attached hydrogens (tertiary/aromatic N) is 4. The molecule has 2 N–H and O–H groups in total. The lowest BCUT2D eigenvalue weighted by molar-refractivity contribution is -0.133. The van der Waals surface area contributed by atoms with Gasteiger partial charge in [0, 0.05) is 38.6 Å². The van der Waals surface area contributed by atoms with Gasteiger partial charge in [-0.3, -0.25) is 9.78 Å². The van der Waals surface area contributed by atoms with Crippen molar-refractivity contribution in [2.45, 2.75) is 25.8 Å². The number of piperazine rings is 1. The average Bonchev–Trinajstić information content (AvgIpc) is 2.48. The third kappa shape index (κ3) is 4.05. The molecule has 0 bridgehead atoms. The van der Waals surface area contributed by atoms with Gasteiger partial charge in [0.15, 0.2) is 0 Å². The van der Waals surface area contributed by atoms with E-state index in [9.17, 15) is 4.79 Å². The Morgan fingerprint density at radius 2 is 2.05 bits per heavy atom. The van der Waals surface area contributed by atoms with Crippen LogP contribution in [0.1, 0.15) is 19.8 Å². The van der Waals surface area contributed by atoms with Crippen LogP contribution in [0, 0.1) is 0 Å². The van der Waals surface area contributed by atoms with Gasteiger partial charge in [0.2, 0.25) is 5.91 Å². The van der Waals surface area contributed by atoms with Crippen LogP contribution < -0.4 is 10.6 Å². The number of halogens is 1. The molecule has 1 aliphatic rings. The van der Waals surface area contributed by atoms with Crippen molar-refractivity contribution in [1.82, 2.24) is 14.9 Å². The van der Waals surface area contributed by atoms with Crippen molar-refractivity contribution in [3.63, 3.8) is 0 Å². The Kier molecular flexibility index (Phi) is 6.67. The first-order valence-electron chi connectivity index (χ1n) is 6.77. The fraction of sp³-hybridized carbons (Fsp3) is 0.615. The summed E-state index contributed by atoms with van der Waals surface area (Å²) in [6.45, 7) is 5.01. The van der Waals surface area contributed by atoms with Crippen molar-refractivity contribution >= 4 is 24.1 Å². The zero-order valence-electron chi connectivity index (χ0n) is 11.7. The van der Waals surface area contributed by atoms with Crippen molar-refractivity contribution in [3.05, 3.63) is 18.6 Å². The molecule has 0 spiro atoms. The molecule has 1 aromatic heterocycles. The zero-order valence-corrected chi connectivity index (χ0v) is 12.6. The molecule has 1 saturated heterocycles. The fourth-order valence-corrected chi connectivity index (χ4v) is 2.28. The number of anilines is 1. The van der Waals surface area contributed by atoms with Crippen LogP contribution in [0.3, 0.4) is 0 Å². The van der Waals surface area contributed by atoms with Crippen molar-refractivity contribution in [1.29, 1.82) is 0 Å². The highest BCUT2D eigenvalue weighted by Crippen LogP contribution is 2.12.